The largest absolute Gasteiger partial charge is 0.459 e. The number of hydrogen-bond acceptors (Lipinski definition) is 5. The first-order valence-corrected chi connectivity index (χ1v) is 9.26. The number of carbonyl (C=O) groups is 2. The smallest absolute Gasteiger partial charge is 0.287 e. The Labute approximate surface area is 167 Å². The lowest BCUT2D eigenvalue weighted by Crippen LogP contribution is -2.34. The summed E-state index contributed by atoms with van der Waals surface area (Å²) in [5, 5.41) is 12.5. The van der Waals surface area contributed by atoms with Gasteiger partial charge >= 0.3 is 0 Å². The molecule has 0 saturated carbocycles. The van der Waals surface area contributed by atoms with E-state index in [0.717, 1.165) is 11.1 Å². The van der Waals surface area contributed by atoms with Crippen LogP contribution in [0.15, 0.2) is 47.1 Å². The van der Waals surface area contributed by atoms with Crippen LogP contribution in [0.4, 0.5) is 0 Å². The molecular weight excluding hydrogens is 378 g/mol. The van der Waals surface area contributed by atoms with Gasteiger partial charge in [-0.2, -0.15) is 5.10 Å². The van der Waals surface area contributed by atoms with E-state index >= 15 is 0 Å². The van der Waals surface area contributed by atoms with Crippen molar-refractivity contribution in [3.63, 3.8) is 0 Å². The average molecular weight is 399 g/mol. The Morgan fingerprint density at radius 3 is 2.64 bits per heavy atom. The molecule has 0 saturated heterocycles. The molecule has 146 valence electrons. The van der Waals surface area contributed by atoms with Crippen LogP contribution in [0.5, 0.6) is 0 Å². The second kappa shape index (κ2) is 9.14. The van der Waals surface area contributed by atoms with Gasteiger partial charge in [-0.25, -0.2) is 0 Å². The van der Waals surface area contributed by atoms with Gasteiger partial charge in [0.1, 0.15) is 0 Å². The van der Waals surface area contributed by atoms with Gasteiger partial charge in [0.05, 0.1) is 6.26 Å². The SMILES string of the molecule is Cc1ccc(-c2n[nH]c(=S)n2CCC(=O)NCCNC(=O)c2ccco2)cc1. The lowest BCUT2D eigenvalue weighted by molar-refractivity contribution is -0.121. The first kappa shape index (κ1) is 19.6. The van der Waals surface area contributed by atoms with Gasteiger partial charge in [-0.3, -0.25) is 19.3 Å². The van der Waals surface area contributed by atoms with Crippen LogP contribution in [-0.2, 0) is 11.3 Å². The first-order chi connectivity index (χ1) is 13.5. The second-order valence-electron chi connectivity index (χ2n) is 6.20. The van der Waals surface area contributed by atoms with Crippen LogP contribution >= 0.6 is 12.2 Å². The van der Waals surface area contributed by atoms with Gasteiger partial charge in [-0.05, 0) is 31.3 Å². The van der Waals surface area contributed by atoms with E-state index in [1.54, 1.807) is 16.7 Å². The van der Waals surface area contributed by atoms with Gasteiger partial charge in [0, 0.05) is 31.6 Å². The summed E-state index contributed by atoms with van der Waals surface area (Å²) in [7, 11) is 0. The molecule has 0 fully saturated rings. The maximum atomic E-state index is 12.1. The third kappa shape index (κ3) is 4.95. The summed E-state index contributed by atoms with van der Waals surface area (Å²) < 4.78 is 7.27. The van der Waals surface area contributed by atoms with Gasteiger partial charge in [-0.15, -0.1) is 0 Å². The molecule has 1 aromatic carbocycles. The third-order valence-electron chi connectivity index (χ3n) is 4.11. The quantitative estimate of drug-likeness (QED) is 0.399. The Balaban J connectivity index is 1.47. The predicted octanol–water partition coefficient (Wildman–Crippen LogP) is 2.45. The zero-order valence-corrected chi connectivity index (χ0v) is 16.2. The van der Waals surface area contributed by atoms with Gasteiger partial charge < -0.3 is 15.1 Å². The number of furan rings is 1. The van der Waals surface area contributed by atoms with Crippen LogP contribution in [0.1, 0.15) is 22.5 Å². The Morgan fingerprint density at radius 1 is 1.18 bits per heavy atom. The van der Waals surface area contributed by atoms with Crippen molar-refractivity contribution in [1.29, 1.82) is 0 Å². The van der Waals surface area contributed by atoms with E-state index in [-0.39, 0.29) is 24.0 Å². The highest BCUT2D eigenvalue weighted by Crippen LogP contribution is 2.18. The Bertz CT molecular complexity index is 990. The number of H-pyrrole nitrogens is 1. The minimum atomic E-state index is -0.313. The van der Waals surface area contributed by atoms with Crippen LogP contribution in [0, 0.1) is 11.7 Å². The number of benzene rings is 1. The number of rotatable bonds is 8. The fourth-order valence-electron chi connectivity index (χ4n) is 2.62. The number of hydrogen-bond donors (Lipinski definition) is 3. The number of aromatic nitrogens is 3. The van der Waals surface area contributed by atoms with Gasteiger partial charge in [0.2, 0.25) is 5.91 Å². The van der Waals surface area contributed by atoms with Gasteiger partial charge in [0.25, 0.3) is 5.91 Å². The van der Waals surface area contributed by atoms with E-state index in [2.05, 4.69) is 20.8 Å². The molecule has 0 aliphatic carbocycles. The summed E-state index contributed by atoms with van der Waals surface area (Å²) in [4.78, 5) is 23.8. The van der Waals surface area contributed by atoms with Crippen molar-refractivity contribution < 1.29 is 14.0 Å². The average Bonchev–Trinajstić information content (AvgIpc) is 3.34. The highest BCUT2D eigenvalue weighted by molar-refractivity contribution is 7.71. The fraction of sp³-hybridized carbons (Fsp3) is 0.263. The monoisotopic (exact) mass is 399 g/mol. The number of nitrogens with zero attached hydrogens (tertiary/aromatic N) is 2. The van der Waals surface area contributed by atoms with Crippen molar-refractivity contribution in [1.82, 2.24) is 25.4 Å². The fourth-order valence-corrected chi connectivity index (χ4v) is 2.85. The molecule has 3 aromatic rings. The molecule has 8 nitrogen and oxygen atoms in total. The van der Waals surface area contributed by atoms with E-state index in [1.165, 1.54) is 6.26 Å². The lowest BCUT2D eigenvalue weighted by Gasteiger charge is -2.09. The van der Waals surface area contributed by atoms with Crippen LogP contribution in [0.3, 0.4) is 0 Å². The maximum absolute atomic E-state index is 12.1. The Hall–Kier alpha value is -3.20. The number of nitrogens with one attached hydrogen (secondary N) is 3. The summed E-state index contributed by atoms with van der Waals surface area (Å²) in [5.74, 6) is 0.490. The zero-order valence-electron chi connectivity index (χ0n) is 15.4. The van der Waals surface area contributed by atoms with E-state index < -0.39 is 0 Å². The van der Waals surface area contributed by atoms with E-state index in [4.69, 9.17) is 16.6 Å². The van der Waals surface area contributed by atoms with Crippen molar-refractivity contribution in [2.45, 2.75) is 19.9 Å². The predicted molar refractivity (Wildman–Crippen MR) is 106 cm³/mol. The molecule has 0 spiro atoms. The van der Waals surface area contributed by atoms with Gasteiger partial charge in [0.15, 0.2) is 16.4 Å². The molecule has 2 amide bonds. The minimum Gasteiger partial charge on any atom is -0.459 e. The number of carbonyl (C=O) groups excluding carboxylic acids is 2. The summed E-state index contributed by atoms with van der Waals surface area (Å²) in [6, 6.07) is 11.2. The van der Waals surface area contributed by atoms with Crippen LogP contribution in [0.2, 0.25) is 0 Å². The van der Waals surface area contributed by atoms with Crippen molar-refractivity contribution in [3.05, 3.63) is 58.8 Å². The molecule has 9 heteroatoms. The van der Waals surface area contributed by atoms with Crippen molar-refractivity contribution in [2.75, 3.05) is 13.1 Å². The van der Waals surface area contributed by atoms with Crippen LogP contribution in [-0.4, -0.2) is 39.7 Å². The molecule has 0 aliphatic rings. The molecule has 0 atom stereocenters. The third-order valence-corrected chi connectivity index (χ3v) is 4.42. The number of aromatic amines is 1. The Kier molecular flexibility index (Phi) is 6.38. The molecule has 3 N–H and O–H groups in total. The second-order valence-corrected chi connectivity index (χ2v) is 6.59. The molecule has 0 aliphatic heterocycles. The Morgan fingerprint density at radius 2 is 1.93 bits per heavy atom. The molecule has 2 aromatic heterocycles. The van der Waals surface area contributed by atoms with E-state index in [9.17, 15) is 9.59 Å². The van der Waals surface area contributed by atoms with Crippen molar-refractivity contribution in [3.8, 4) is 11.4 Å². The van der Waals surface area contributed by atoms with E-state index in [1.807, 2.05) is 31.2 Å². The number of aryl methyl sites for hydroxylation is 1. The number of amides is 2. The summed E-state index contributed by atoms with van der Waals surface area (Å²) in [6.07, 6.45) is 1.68. The van der Waals surface area contributed by atoms with Crippen molar-refractivity contribution in [2.24, 2.45) is 0 Å². The molecule has 0 radical (unpaired) electrons. The van der Waals surface area contributed by atoms with Crippen LogP contribution in [0.25, 0.3) is 11.4 Å². The molecular formula is C19H21N5O3S. The molecule has 28 heavy (non-hydrogen) atoms. The summed E-state index contributed by atoms with van der Waals surface area (Å²) in [6.45, 7) is 3.06. The zero-order chi connectivity index (χ0) is 19.9. The minimum absolute atomic E-state index is 0.134. The maximum Gasteiger partial charge on any atom is 0.287 e. The van der Waals surface area contributed by atoms with Crippen LogP contribution < -0.4 is 10.6 Å². The van der Waals surface area contributed by atoms with E-state index in [0.29, 0.717) is 30.2 Å². The summed E-state index contributed by atoms with van der Waals surface area (Å²) >= 11 is 5.28. The van der Waals surface area contributed by atoms with Gasteiger partial charge in [-0.1, -0.05) is 29.8 Å². The molecule has 0 unspecified atom stereocenters. The lowest BCUT2D eigenvalue weighted by atomic mass is 10.1. The topological polar surface area (TPSA) is 105 Å². The molecule has 2 heterocycles. The van der Waals surface area contributed by atoms with Crippen molar-refractivity contribution >= 4 is 24.0 Å². The first-order valence-electron chi connectivity index (χ1n) is 8.85. The highest BCUT2D eigenvalue weighted by Gasteiger charge is 2.11. The standard InChI is InChI=1S/C19H21N5O3S/c1-13-4-6-14(7-5-13)17-22-23-19(28)24(17)11-8-16(25)20-9-10-21-18(26)15-3-2-12-27-15/h2-7,12H,8-11H2,1H3,(H,20,25)(H,21,26)(H,23,28). The summed E-state index contributed by atoms with van der Waals surface area (Å²) in [5.41, 5.74) is 2.09. The normalized spacial score (nSPS) is 10.6. The highest BCUT2D eigenvalue weighted by atomic mass is 32.1. The molecule has 3 rings (SSSR count). The molecule has 0 bridgehead atoms.